The number of nitrogens with zero attached hydrogens (tertiary/aromatic N) is 3. The lowest BCUT2D eigenvalue weighted by molar-refractivity contribution is -0.00187. The zero-order valence-electron chi connectivity index (χ0n) is 18.9. The summed E-state index contributed by atoms with van der Waals surface area (Å²) in [6.07, 6.45) is 1.38. The Balaban J connectivity index is 1.85. The number of aromatic nitrogens is 2. The largest absolute Gasteiger partial charge is 0.478 e. The maximum atomic E-state index is 14.2. The minimum atomic E-state index is -2.86. The Kier molecular flexibility index (Phi) is 5.59. The van der Waals surface area contributed by atoms with Gasteiger partial charge in [-0.3, -0.25) is 9.20 Å². The maximum Gasteiger partial charge on any atom is 0.337 e. The van der Waals surface area contributed by atoms with Gasteiger partial charge in [0.15, 0.2) is 0 Å². The molecule has 174 valence electrons. The molecule has 33 heavy (non-hydrogen) atoms. The number of carboxylic acid groups (broad SMARTS) is 1. The summed E-state index contributed by atoms with van der Waals surface area (Å²) in [6, 6.07) is 6.92. The molecule has 0 spiro atoms. The van der Waals surface area contributed by atoms with E-state index in [1.165, 1.54) is 22.3 Å². The van der Waals surface area contributed by atoms with Crippen molar-refractivity contribution < 1.29 is 18.7 Å². The van der Waals surface area contributed by atoms with Gasteiger partial charge in [-0.2, -0.15) is 0 Å². The second kappa shape index (κ2) is 8.13. The fourth-order valence-corrected chi connectivity index (χ4v) is 4.38. The van der Waals surface area contributed by atoms with Gasteiger partial charge in [-0.25, -0.2) is 18.6 Å². The highest BCUT2D eigenvalue weighted by Crippen LogP contribution is 2.37. The number of benzene rings is 1. The number of carbonyl (C=O) groups is 1. The molecule has 2 N–H and O–H groups in total. The van der Waals surface area contributed by atoms with Crippen molar-refractivity contribution >= 4 is 23.1 Å². The number of anilines is 2. The first-order chi connectivity index (χ1) is 15.5. The van der Waals surface area contributed by atoms with Crippen molar-refractivity contribution in [1.82, 2.24) is 9.38 Å². The first-order valence-corrected chi connectivity index (χ1v) is 10.8. The van der Waals surface area contributed by atoms with E-state index in [2.05, 4.69) is 5.32 Å². The Hall–Kier alpha value is -3.49. The maximum absolute atomic E-state index is 14.2. The summed E-state index contributed by atoms with van der Waals surface area (Å²) in [4.78, 5) is 31.0. The number of para-hydroxylation sites is 1. The molecule has 3 aromatic rings. The molecule has 2 aromatic heterocycles. The van der Waals surface area contributed by atoms with Crippen molar-refractivity contribution in [2.45, 2.75) is 52.1 Å². The lowest BCUT2D eigenvalue weighted by atomic mass is 10.1. The van der Waals surface area contributed by atoms with Gasteiger partial charge in [0.1, 0.15) is 11.5 Å². The van der Waals surface area contributed by atoms with Crippen LogP contribution in [-0.4, -0.2) is 39.0 Å². The smallest absolute Gasteiger partial charge is 0.337 e. The lowest BCUT2D eigenvalue weighted by Crippen LogP contribution is -2.38. The standard InChI is InChI=1S/C24H26F2N4O3/c1-13-11-18(15(3)27-19-8-6-5-7-17(19)23(32)33)21-28-20(14(2)22(31)30(21)12-13)29-10-9-24(25,26)16(29)4/h5-8,11-12,15-16,27H,9-10H2,1-4H3,(H,32,33)/t15-,16-/m1/s1. The first-order valence-electron chi connectivity index (χ1n) is 10.8. The molecule has 0 saturated carbocycles. The normalized spacial score (nSPS) is 18.5. The van der Waals surface area contributed by atoms with E-state index in [1.54, 1.807) is 31.3 Å². The summed E-state index contributed by atoms with van der Waals surface area (Å²) in [7, 11) is 0. The Morgan fingerprint density at radius 3 is 2.64 bits per heavy atom. The number of hydrogen-bond acceptors (Lipinski definition) is 5. The molecule has 0 aliphatic carbocycles. The zero-order chi connectivity index (χ0) is 24.1. The predicted molar refractivity (Wildman–Crippen MR) is 123 cm³/mol. The van der Waals surface area contributed by atoms with Crippen LogP contribution in [0.3, 0.4) is 0 Å². The molecule has 1 saturated heterocycles. The summed E-state index contributed by atoms with van der Waals surface area (Å²) in [5.41, 5.74) is 2.37. The van der Waals surface area contributed by atoms with E-state index < -0.39 is 24.0 Å². The summed E-state index contributed by atoms with van der Waals surface area (Å²) in [6.45, 7) is 6.84. The van der Waals surface area contributed by atoms with Crippen molar-refractivity contribution in [3.05, 3.63) is 69.1 Å². The number of pyridine rings is 1. The zero-order valence-corrected chi connectivity index (χ0v) is 18.9. The van der Waals surface area contributed by atoms with Crippen LogP contribution < -0.4 is 15.8 Å². The van der Waals surface area contributed by atoms with Crippen LogP contribution >= 0.6 is 0 Å². The van der Waals surface area contributed by atoms with Gasteiger partial charge in [0, 0.05) is 30.4 Å². The van der Waals surface area contributed by atoms with Crippen LogP contribution in [0.2, 0.25) is 0 Å². The molecule has 4 rings (SSSR count). The fourth-order valence-electron chi connectivity index (χ4n) is 4.38. The molecule has 2 atom stereocenters. The summed E-state index contributed by atoms with van der Waals surface area (Å²) >= 11 is 0. The van der Waals surface area contributed by atoms with Crippen LogP contribution in [0.4, 0.5) is 20.3 Å². The van der Waals surface area contributed by atoms with E-state index in [1.807, 2.05) is 19.9 Å². The minimum Gasteiger partial charge on any atom is -0.478 e. The van der Waals surface area contributed by atoms with Gasteiger partial charge >= 0.3 is 5.97 Å². The SMILES string of the molecule is Cc1cc([C@@H](C)Nc2ccccc2C(=O)O)c2nc(N3CCC(F)(F)[C@H]3C)c(C)c(=O)n2c1. The van der Waals surface area contributed by atoms with E-state index in [-0.39, 0.29) is 29.9 Å². The summed E-state index contributed by atoms with van der Waals surface area (Å²) in [5, 5.41) is 12.7. The third-order valence-corrected chi connectivity index (χ3v) is 6.32. The molecule has 0 amide bonds. The summed E-state index contributed by atoms with van der Waals surface area (Å²) in [5.74, 6) is -3.66. The molecule has 3 heterocycles. The highest BCUT2D eigenvalue weighted by molar-refractivity contribution is 5.94. The molecular weight excluding hydrogens is 430 g/mol. The second-order valence-electron chi connectivity index (χ2n) is 8.63. The minimum absolute atomic E-state index is 0.110. The van der Waals surface area contributed by atoms with Crippen molar-refractivity contribution in [1.29, 1.82) is 0 Å². The molecule has 0 radical (unpaired) electrons. The van der Waals surface area contributed by atoms with Gasteiger partial charge in [0.25, 0.3) is 11.5 Å². The molecule has 0 unspecified atom stereocenters. The first kappa shape index (κ1) is 22.7. The number of rotatable bonds is 5. The van der Waals surface area contributed by atoms with Crippen molar-refractivity contribution in [3.63, 3.8) is 0 Å². The third-order valence-electron chi connectivity index (χ3n) is 6.32. The fraction of sp³-hybridized carbons (Fsp3) is 0.375. The van der Waals surface area contributed by atoms with Gasteiger partial charge in [-0.1, -0.05) is 12.1 Å². The van der Waals surface area contributed by atoms with E-state index in [9.17, 15) is 23.5 Å². The Bertz CT molecular complexity index is 1300. The van der Waals surface area contributed by atoms with Gasteiger partial charge in [0.2, 0.25) is 0 Å². The van der Waals surface area contributed by atoms with Crippen LogP contribution in [0.15, 0.2) is 41.3 Å². The van der Waals surface area contributed by atoms with Crippen molar-refractivity contribution in [3.8, 4) is 0 Å². The van der Waals surface area contributed by atoms with Gasteiger partial charge in [0.05, 0.1) is 23.2 Å². The third kappa shape index (κ3) is 3.92. The number of fused-ring (bicyclic) bond motifs is 1. The lowest BCUT2D eigenvalue weighted by Gasteiger charge is -2.27. The number of alkyl halides is 2. The predicted octanol–water partition coefficient (Wildman–Crippen LogP) is 4.42. The molecule has 1 fully saturated rings. The quantitative estimate of drug-likeness (QED) is 0.591. The highest BCUT2D eigenvalue weighted by Gasteiger charge is 2.47. The van der Waals surface area contributed by atoms with Gasteiger partial charge in [-0.05, 0) is 51.5 Å². The van der Waals surface area contributed by atoms with E-state index >= 15 is 0 Å². The van der Waals surface area contributed by atoms with Gasteiger partial charge < -0.3 is 15.3 Å². The number of nitrogens with one attached hydrogen (secondary N) is 1. The van der Waals surface area contributed by atoms with Gasteiger partial charge in [-0.15, -0.1) is 0 Å². The second-order valence-corrected chi connectivity index (χ2v) is 8.63. The molecule has 0 bridgehead atoms. The van der Waals surface area contributed by atoms with Crippen molar-refractivity contribution in [2.75, 3.05) is 16.8 Å². The molecule has 7 nitrogen and oxygen atoms in total. The molecular formula is C24H26F2N4O3. The van der Waals surface area contributed by atoms with Crippen LogP contribution in [-0.2, 0) is 0 Å². The average Bonchev–Trinajstić information content (AvgIpc) is 3.03. The average molecular weight is 456 g/mol. The van der Waals surface area contributed by atoms with Crippen LogP contribution in [0.5, 0.6) is 0 Å². The molecule has 9 heteroatoms. The monoisotopic (exact) mass is 456 g/mol. The molecule has 1 aliphatic heterocycles. The van der Waals surface area contributed by atoms with Crippen LogP contribution in [0.25, 0.3) is 5.65 Å². The number of aryl methyl sites for hydroxylation is 1. The number of carboxylic acids is 1. The van der Waals surface area contributed by atoms with E-state index in [4.69, 9.17) is 4.98 Å². The Morgan fingerprint density at radius 2 is 2.00 bits per heavy atom. The van der Waals surface area contributed by atoms with Crippen LogP contribution in [0, 0.1) is 13.8 Å². The Labute approximate surface area is 189 Å². The molecule has 1 aliphatic rings. The highest BCUT2D eigenvalue weighted by atomic mass is 19.3. The van der Waals surface area contributed by atoms with E-state index in [0.717, 1.165) is 5.56 Å². The van der Waals surface area contributed by atoms with E-state index in [0.29, 0.717) is 22.5 Å². The number of halogens is 2. The van der Waals surface area contributed by atoms with Crippen molar-refractivity contribution in [2.24, 2.45) is 0 Å². The summed E-state index contributed by atoms with van der Waals surface area (Å²) < 4.78 is 29.9. The van der Waals surface area contributed by atoms with Crippen LogP contribution in [0.1, 0.15) is 53.4 Å². The topological polar surface area (TPSA) is 86.9 Å². The Morgan fingerprint density at radius 1 is 1.30 bits per heavy atom. The number of aromatic carboxylic acids is 1. The molecule has 1 aromatic carbocycles. The number of hydrogen-bond donors (Lipinski definition) is 2.